The van der Waals surface area contributed by atoms with E-state index < -0.39 is 12.0 Å². The second-order valence-corrected chi connectivity index (χ2v) is 9.66. The largest absolute Gasteiger partial charge is 0.491 e. The number of aromatic nitrogens is 3. The van der Waals surface area contributed by atoms with E-state index in [4.69, 9.17) is 9.72 Å². The third kappa shape index (κ3) is 8.69. The second kappa shape index (κ2) is 14.3. The molecule has 0 fully saturated rings. The normalized spacial score (nSPS) is 13.4. The Bertz CT molecular complexity index is 1140. The standard InChI is InChI=1S/C29H38N6O3/c1-22-10-13-25(21-32-22)38-20-19-35(18-14-26(29(36)37)34-27-9-2-4-15-30-27)17-5-3-8-24-12-11-23-7-6-16-31-28(23)33-24/h2,4,9-13,15,21,26H,3,5-8,14,16-20H2,1H3,(H,30,34)(H,31,33)(H,36,37)/t26-/m0/s1. The van der Waals surface area contributed by atoms with E-state index >= 15 is 0 Å². The topological polar surface area (TPSA) is 112 Å². The fourth-order valence-electron chi connectivity index (χ4n) is 4.51. The number of fused-ring (bicyclic) bond motifs is 1. The molecule has 0 bridgehead atoms. The highest BCUT2D eigenvalue weighted by molar-refractivity contribution is 5.76. The smallest absolute Gasteiger partial charge is 0.326 e. The number of aryl methyl sites for hydroxylation is 3. The lowest BCUT2D eigenvalue weighted by Gasteiger charge is -2.24. The maximum absolute atomic E-state index is 11.9. The van der Waals surface area contributed by atoms with Crippen molar-refractivity contribution in [1.29, 1.82) is 0 Å². The molecule has 202 valence electrons. The molecule has 4 heterocycles. The van der Waals surface area contributed by atoms with Gasteiger partial charge in [0.25, 0.3) is 0 Å². The molecule has 38 heavy (non-hydrogen) atoms. The molecule has 0 spiro atoms. The van der Waals surface area contributed by atoms with Crippen molar-refractivity contribution in [3.8, 4) is 5.75 Å². The molecular formula is C29H38N6O3. The predicted octanol–water partition coefficient (Wildman–Crippen LogP) is 4.20. The van der Waals surface area contributed by atoms with Crippen LogP contribution in [0.25, 0.3) is 0 Å². The number of aliphatic carboxylic acids is 1. The van der Waals surface area contributed by atoms with Crippen molar-refractivity contribution in [1.82, 2.24) is 19.9 Å². The Balaban J connectivity index is 1.29. The molecule has 3 aromatic rings. The molecule has 9 heteroatoms. The number of hydrogen-bond donors (Lipinski definition) is 3. The van der Waals surface area contributed by atoms with E-state index in [9.17, 15) is 9.90 Å². The van der Waals surface area contributed by atoms with Crippen LogP contribution in [-0.2, 0) is 17.6 Å². The van der Waals surface area contributed by atoms with Crippen LogP contribution in [0.3, 0.4) is 0 Å². The zero-order chi connectivity index (χ0) is 26.6. The zero-order valence-electron chi connectivity index (χ0n) is 22.1. The highest BCUT2D eigenvalue weighted by Crippen LogP contribution is 2.20. The highest BCUT2D eigenvalue weighted by atomic mass is 16.5. The van der Waals surface area contributed by atoms with Crippen molar-refractivity contribution in [3.63, 3.8) is 0 Å². The molecule has 1 aliphatic heterocycles. The summed E-state index contributed by atoms with van der Waals surface area (Å²) >= 11 is 0. The summed E-state index contributed by atoms with van der Waals surface area (Å²) in [5.74, 6) is 1.46. The van der Waals surface area contributed by atoms with E-state index in [0.717, 1.165) is 68.1 Å². The first-order valence-electron chi connectivity index (χ1n) is 13.5. The minimum absolute atomic E-state index is 0.454. The average molecular weight is 519 g/mol. The Morgan fingerprint density at radius 1 is 1.13 bits per heavy atom. The minimum atomic E-state index is -0.885. The van der Waals surface area contributed by atoms with Crippen LogP contribution < -0.4 is 15.4 Å². The summed E-state index contributed by atoms with van der Waals surface area (Å²) in [5.41, 5.74) is 3.37. The van der Waals surface area contributed by atoms with Gasteiger partial charge in [0.05, 0.1) is 6.20 Å². The number of carboxylic acid groups (broad SMARTS) is 1. The SMILES string of the molecule is Cc1ccc(OCCN(CCCCc2ccc3c(n2)NCCC3)CC[C@H](Nc2ccccn2)C(=O)O)cn1. The van der Waals surface area contributed by atoms with E-state index in [2.05, 4.69) is 37.6 Å². The van der Waals surface area contributed by atoms with Gasteiger partial charge in [0.2, 0.25) is 0 Å². The number of nitrogens with one attached hydrogen (secondary N) is 2. The van der Waals surface area contributed by atoms with Crippen LogP contribution in [0.1, 0.15) is 42.6 Å². The van der Waals surface area contributed by atoms with Crippen LogP contribution in [-0.4, -0.2) is 69.8 Å². The van der Waals surface area contributed by atoms with Gasteiger partial charge in [0.15, 0.2) is 0 Å². The van der Waals surface area contributed by atoms with Crippen LogP contribution in [0.4, 0.5) is 11.6 Å². The molecule has 4 rings (SSSR count). The van der Waals surface area contributed by atoms with Gasteiger partial charge in [-0.3, -0.25) is 9.88 Å². The lowest BCUT2D eigenvalue weighted by atomic mass is 10.1. The Morgan fingerprint density at radius 2 is 2.05 bits per heavy atom. The summed E-state index contributed by atoms with van der Waals surface area (Å²) in [6.45, 7) is 5.63. The summed E-state index contributed by atoms with van der Waals surface area (Å²) in [4.78, 5) is 27.5. The summed E-state index contributed by atoms with van der Waals surface area (Å²) in [6, 6.07) is 12.9. The molecule has 0 saturated carbocycles. The van der Waals surface area contributed by atoms with E-state index in [0.29, 0.717) is 31.9 Å². The minimum Gasteiger partial charge on any atom is -0.491 e. The molecular weight excluding hydrogens is 480 g/mol. The Kier molecular flexibility index (Phi) is 10.3. The molecule has 3 N–H and O–H groups in total. The Hall–Kier alpha value is -3.72. The van der Waals surface area contributed by atoms with Crippen molar-refractivity contribution < 1.29 is 14.6 Å². The average Bonchev–Trinajstić information content (AvgIpc) is 2.94. The first-order chi connectivity index (χ1) is 18.6. The van der Waals surface area contributed by atoms with Crippen LogP contribution in [0.5, 0.6) is 5.75 Å². The lowest BCUT2D eigenvalue weighted by molar-refractivity contribution is -0.138. The number of hydrogen-bond acceptors (Lipinski definition) is 8. The number of anilines is 2. The van der Waals surface area contributed by atoms with Gasteiger partial charge in [0.1, 0.15) is 30.0 Å². The highest BCUT2D eigenvalue weighted by Gasteiger charge is 2.19. The van der Waals surface area contributed by atoms with Crippen molar-refractivity contribution in [2.45, 2.75) is 51.5 Å². The third-order valence-corrected chi connectivity index (χ3v) is 6.69. The molecule has 0 unspecified atom stereocenters. The van der Waals surface area contributed by atoms with E-state index in [1.807, 2.05) is 31.2 Å². The van der Waals surface area contributed by atoms with Crippen LogP contribution in [0, 0.1) is 6.92 Å². The second-order valence-electron chi connectivity index (χ2n) is 9.66. The molecule has 3 aromatic heterocycles. The fourth-order valence-corrected chi connectivity index (χ4v) is 4.51. The molecule has 0 saturated heterocycles. The van der Waals surface area contributed by atoms with Gasteiger partial charge < -0.3 is 20.5 Å². The molecule has 9 nitrogen and oxygen atoms in total. The summed E-state index contributed by atoms with van der Waals surface area (Å²) < 4.78 is 5.91. The van der Waals surface area contributed by atoms with Crippen molar-refractivity contribution in [2.75, 3.05) is 43.4 Å². The quantitative estimate of drug-likeness (QED) is 0.255. The summed E-state index contributed by atoms with van der Waals surface area (Å²) in [5, 5.41) is 16.2. The molecule has 0 radical (unpaired) electrons. The number of rotatable bonds is 15. The third-order valence-electron chi connectivity index (χ3n) is 6.69. The van der Waals surface area contributed by atoms with Gasteiger partial charge in [-0.25, -0.2) is 14.8 Å². The van der Waals surface area contributed by atoms with Crippen LogP contribution in [0.15, 0.2) is 54.9 Å². The van der Waals surface area contributed by atoms with E-state index in [-0.39, 0.29) is 0 Å². The first-order valence-corrected chi connectivity index (χ1v) is 13.5. The van der Waals surface area contributed by atoms with Gasteiger partial charge >= 0.3 is 5.97 Å². The number of unbranched alkanes of at least 4 members (excludes halogenated alkanes) is 1. The van der Waals surface area contributed by atoms with Gasteiger partial charge in [-0.1, -0.05) is 12.1 Å². The predicted molar refractivity (Wildman–Crippen MR) is 149 cm³/mol. The van der Waals surface area contributed by atoms with Crippen LogP contribution >= 0.6 is 0 Å². The lowest BCUT2D eigenvalue weighted by Crippen LogP contribution is -2.37. The maximum Gasteiger partial charge on any atom is 0.326 e. The molecule has 0 amide bonds. The maximum atomic E-state index is 11.9. The Morgan fingerprint density at radius 3 is 2.84 bits per heavy atom. The van der Waals surface area contributed by atoms with Crippen molar-refractivity contribution in [2.24, 2.45) is 0 Å². The van der Waals surface area contributed by atoms with Crippen molar-refractivity contribution >= 4 is 17.6 Å². The molecule has 0 aromatic carbocycles. The molecule has 1 aliphatic rings. The first kappa shape index (κ1) is 27.3. The number of nitrogens with zero attached hydrogens (tertiary/aromatic N) is 4. The monoisotopic (exact) mass is 518 g/mol. The van der Waals surface area contributed by atoms with Gasteiger partial charge in [-0.05, 0) is 87.9 Å². The number of pyridine rings is 3. The zero-order valence-corrected chi connectivity index (χ0v) is 22.1. The number of ether oxygens (including phenoxy) is 1. The number of carboxylic acids is 1. The Labute approximate surface area is 224 Å². The molecule has 1 atom stereocenters. The number of carbonyl (C=O) groups is 1. The van der Waals surface area contributed by atoms with E-state index in [1.54, 1.807) is 18.5 Å². The van der Waals surface area contributed by atoms with Crippen LogP contribution in [0.2, 0.25) is 0 Å². The fraction of sp³-hybridized carbons (Fsp3) is 0.448. The van der Waals surface area contributed by atoms with Gasteiger partial charge in [0, 0.05) is 37.2 Å². The van der Waals surface area contributed by atoms with Gasteiger partial charge in [-0.2, -0.15) is 0 Å². The van der Waals surface area contributed by atoms with E-state index in [1.165, 1.54) is 5.56 Å². The summed E-state index contributed by atoms with van der Waals surface area (Å²) in [7, 11) is 0. The van der Waals surface area contributed by atoms with Gasteiger partial charge in [-0.15, -0.1) is 0 Å². The van der Waals surface area contributed by atoms with Crippen molar-refractivity contribution in [3.05, 3.63) is 71.8 Å². The summed E-state index contributed by atoms with van der Waals surface area (Å²) in [6.07, 6.45) is 9.02. The molecule has 0 aliphatic carbocycles.